The molecule has 0 saturated heterocycles. The number of hydrogen-bond donors (Lipinski definition) is 2. The number of H-pyrrole nitrogens is 1. The minimum atomic E-state index is 0.762. The fourth-order valence-electron chi connectivity index (χ4n) is 0.968. The Labute approximate surface area is 72.2 Å². The van der Waals surface area contributed by atoms with E-state index in [9.17, 15) is 0 Å². The standard InChI is InChI=1S/C9H13N3/c1-4-6-8-7(5-2)11-9(10-3)12-8/h4-6H,2H2,1,3H3,(H2,10,11,12)/b6-4-. The van der Waals surface area contributed by atoms with E-state index in [0.717, 1.165) is 17.3 Å². The molecule has 1 rings (SSSR count). The van der Waals surface area contributed by atoms with Crippen LogP contribution in [0.1, 0.15) is 18.3 Å². The third-order valence-corrected chi connectivity index (χ3v) is 1.52. The van der Waals surface area contributed by atoms with E-state index < -0.39 is 0 Å². The van der Waals surface area contributed by atoms with Gasteiger partial charge in [-0.2, -0.15) is 0 Å². The summed E-state index contributed by atoms with van der Waals surface area (Å²) >= 11 is 0. The molecule has 0 amide bonds. The fraction of sp³-hybridized carbons (Fsp3) is 0.222. The Balaban J connectivity index is 3.07. The van der Waals surface area contributed by atoms with Crippen molar-refractivity contribution in [1.29, 1.82) is 0 Å². The Morgan fingerprint density at radius 2 is 2.33 bits per heavy atom. The molecule has 0 radical (unpaired) electrons. The van der Waals surface area contributed by atoms with Crippen LogP contribution >= 0.6 is 0 Å². The van der Waals surface area contributed by atoms with Gasteiger partial charge in [0.1, 0.15) is 0 Å². The summed E-state index contributed by atoms with van der Waals surface area (Å²) in [5.41, 5.74) is 1.86. The van der Waals surface area contributed by atoms with Crippen molar-refractivity contribution >= 4 is 18.1 Å². The lowest BCUT2D eigenvalue weighted by Crippen LogP contribution is -1.88. The number of aromatic amines is 1. The van der Waals surface area contributed by atoms with Crippen molar-refractivity contribution in [1.82, 2.24) is 9.97 Å². The molecule has 1 aromatic heterocycles. The molecule has 0 aromatic carbocycles. The molecule has 3 heteroatoms. The van der Waals surface area contributed by atoms with Gasteiger partial charge in [-0.25, -0.2) is 4.98 Å². The van der Waals surface area contributed by atoms with E-state index in [0.29, 0.717) is 0 Å². The van der Waals surface area contributed by atoms with E-state index >= 15 is 0 Å². The van der Waals surface area contributed by atoms with Gasteiger partial charge < -0.3 is 10.3 Å². The van der Waals surface area contributed by atoms with Gasteiger partial charge in [0, 0.05) is 7.05 Å². The van der Waals surface area contributed by atoms with E-state index in [4.69, 9.17) is 0 Å². The third kappa shape index (κ3) is 1.56. The van der Waals surface area contributed by atoms with Gasteiger partial charge in [-0.05, 0) is 19.1 Å². The summed E-state index contributed by atoms with van der Waals surface area (Å²) in [5.74, 6) is 0.762. The molecule has 1 aromatic rings. The highest BCUT2D eigenvalue weighted by Crippen LogP contribution is 2.11. The molecule has 0 aliphatic rings. The van der Waals surface area contributed by atoms with E-state index in [2.05, 4.69) is 21.9 Å². The SMILES string of the molecule is C=Cc1nc(NC)[nH]c1/C=C\C. The van der Waals surface area contributed by atoms with Gasteiger partial charge >= 0.3 is 0 Å². The molecule has 0 fully saturated rings. The Morgan fingerprint density at radius 3 is 2.83 bits per heavy atom. The molecule has 0 atom stereocenters. The minimum Gasteiger partial charge on any atom is -0.359 e. The zero-order valence-electron chi connectivity index (χ0n) is 7.39. The predicted octanol–water partition coefficient (Wildman–Crippen LogP) is 2.13. The van der Waals surface area contributed by atoms with Crippen molar-refractivity contribution in [3.05, 3.63) is 24.0 Å². The van der Waals surface area contributed by atoms with Gasteiger partial charge in [0.05, 0.1) is 11.4 Å². The van der Waals surface area contributed by atoms with Gasteiger partial charge in [0.15, 0.2) is 0 Å². The summed E-state index contributed by atoms with van der Waals surface area (Å²) in [4.78, 5) is 7.33. The summed E-state index contributed by atoms with van der Waals surface area (Å²) < 4.78 is 0. The lowest BCUT2D eigenvalue weighted by molar-refractivity contribution is 1.25. The van der Waals surface area contributed by atoms with Crippen molar-refractivity contribution in [2.75, 3.05) is 12.4 Å². The van der Waals surface area contributed by atoms with Crippen LogP contribution in [0.15, 0.2) is 12.7 Å². The zero-order valence-corrected chi connectivity index (χ0v) is 7.39. The van der Waals surface area contributed by atoms with E-state index in [1.165, 1.54) is 0 Å². The number of imidazole rings is 1. The summed E-state index contributed by atoms with van der Waals surface area (Å²) in [5, 5.41) is 2.93. The average molecular weight is 163 g/mol. The maximum absolute atomic E-state index is 4.23. The lowest BCUT2D eigenvalue weighted by atomic mass is 10.3. The van der Waals surface area contributed by atoms with Gasteiger partial charge in [-0.1, -0.05) is 12.7 Å². The zero-order chi connectivity index (χ0) is 8.97. The van der Waals surface area contributed by atoms with Crippen molar-refractivity contribution in [3.8, 4) is 0 Å². The predicted molar refractivity (Wildman–Crippen MR) is 52.9 cm³/mol. The highest BCUT2D eigenvalue weighted by atomic mass is 15.1. The number of hydrogen-bond acceptors (Lipinski definition) is 2. The molecule has 1 heterocycles. The summed E-state index contributed by atoms with van der Waals surface area (Å²) in [7, 11) is 1.82. The first-order chi connectivity index (χ1) is 5.81. The molecule has 0 bridgehead atoms. The largest absolute Gasteiger partial charge is 0.359 e. The Bertz CT molecular complexity index is 297. The molecule has 3 nitrogen and oxygen atoms in total. The van der Waals surface area contributed by atoms with Gasteiger partial charge in [-0.15, -0.1) is 0 Å². The Kier molecular flexibility index (Phi) is 2.69. The second-order valence-corrected chi connectivity index (χ2v) is 2.34. The van der Waals surface area contributed by atoms with Crippen LogP contribution in [0.2, 0.25) is 0 Å². The van der Waals surface area contributed by atoms with Crippen molar-refractivity contribution in [2.45, 2.75) is 6.92 Å². The number of nitrogens with zero attached hydrogens (tertiary/aromatic N) is 1. The normalized spacial score (nSPS) is 10.5. The second kappa shape index (κ2) is 3.76. The first kappa shape index (κ1) is 8.59. The van der Waals surface area contributed by atoms with Crippen LogP contribution in [0.5, 0.6) is 0 Å². The second-order valence-electron chi connectivity index (χ2n) is 2.34. The summed E-state index contributed by atoms with van der Waals surface area (Å²) in [6, 6.07) is 0. The highest BCUT2D eigenvalue weighted by molar-refractivity contribution is 5.61. The van der Waals surface area contributed by atoms with Crippen LogP contribution in [-0.4, -0.2) is 17.0 Å². The number of nitrogens with one attached hydrogen (secondary N) is 2. The topological polar surface area (TPSA) is 40.7 Å². The molecular weight excluding hydrogens is 150 g/mol. The van der Waals surface area contributed by atoms with Crippen molar-refractivity contribution in [3.63, 3.8) is 0 Å². The minimum absolute atomic E-state index is 0.762. The monoisotopic (exact) mass is 163 g/mol. The molecular formula is C9H13N3. The third-order valence-electron chi connectivity index (χ3n) is 1.52. The van der Waals surface area contributed by atoms with Crippen LogP contribution in [0.4, 0.5) is 5.95 Å². The molecule has 0 aliphatic carbocycles. The van der Waals surface area contributed by atoms with Crippen LogP contribution in [0.3, 0.4) is 0 Å². The quantitative estimate of drug-likeness (QED) is 0.716. The van der Waals surface area contributed by atoms with E-state index in [1.54, 1.807) is 6.08 Å². The number of aromatic nitrogens is 2. The smallest absolute Gasteiger partial charge is 0.200 e. The van der Waals surface area contributed by atoms with Crippen molar-refractivity contribution in [2.24, 2.45) is 0 Å². The first-order valence-electron chi connectivity index (χ1n) is 3.84. The Hall–Kier alpha value is -1.51. The fourth-order valence-corrected chi connectivity index (χ4v) is 0.968. The van der Waals surface area contributed by atoms with Gasteiger partial charge in [0.2, 0.25) is 5.95 Å². The number of anilines is 1. The van der Waals surface area contributed by atoms with Crippen molar-refractivity contribution < 1.29 is 0 Å². The summed E-state index contributed by atoms with van der Waals surface area (Å²) in [6.45, 7) is 5.64. The molecule has 0 aliphatic heterocycles. The van der Waals surface area contributed by atoms with E-state index in [1.807, 2.05) is 26.1 Å². The Morgan fingerprint density at radius 1 is 1.58 bits per heavy atom. The highest BCUT2D eigenvalue weighted by Gasteiger charge is 2.01. The van der Waals surface area contributed by atoms with E-state index in [-0.39, 0.29) is 0 Å². The number of allylic oxidation sites excluding steroid dienone is 1. The maximum Gasteiger partial charge on any atom is 0.200 e. The van der Waals surface area contributed by atoms with Crippen LogP contribution in [0.25, 0.3) is 12.2 Å². The van der Waals surface area contributed by atoms with Crippen LogP contribution in [-0.2, 0) is 0 Å². The molecule has 64 valence electrons. The van der Waals surface area contributed by atoms with Gasteiger partial charge in [-0.3, -0.25) is 0 Å². The summed E-state index contributed by atoms with van der Waals surface area (Å²) in [6.07, 6.45) is 5.65. The molecule has 2 N–H and O–H groups in total. The molecule has 0 spiro atoms. The average Bonchev–Trinajstić information content (AvgIpc) is 2.48. The molecule has 0 unspecified atom stereocenters. The molecule has 0 saturated carbocycles. The number of rotatable bonds is 3. The van der Waals surface area contributed by atoms with Crippen LogP contribution < -0.4 is 5.32 Å². The molecule has 12 heavy (non-hydrogen) atoms. The van der Waals surface area contributed by atoms with Gasteiger partial charge in [0.25, 0.3) is 0 Å². The van der Waals surface area contributed by atoms with Crippen LogP contribution in [0, 0.1) is 0 Å². The first-order valence-corrected chi connectivity index (χ1v) is 3.84. The maximum atomic E-state index is 4.23. The lowest BCUT2D eigenvalue weighted by Gasteiger charge is -1.88.